The van der Waals surface area contributed by atoms with E-state index in [4.69, 9.17) is 16.3 Å². The Morgan fingerprint density at radius 2 is 2.07 bits per heavy atom. The van der Waals surface area contributed by atoms with Gasteiger partial charge in [-0.25, -0.2) is 4.79 Å². The maximum absolute atomic E-state index is 12.6. The summed E-state index contributed by atoms with van der Waals surface area (Å²) >= 11 is 5.91. The van der Waals surface area contributed by atoms with Crippen LogP contribution in [0.3, 0.4) is 0 Å². The number of ether oxygens (including phenoxy) is 1. The van der Waals surface area contributed by atoms with Crippen molar-refractivity contribution in [2.75, 3.05) is 25.5 Å². The minimum absolute atomic E-state index is 0.0218. The Kier molecular flexibility index (Phi) is 5.80. The summed E-state index contributed by atoms with van der Waals surface area (Å²) in [7, 11) is 1.61. The van der Waals surface area contributed by atoms with Crippen molar-refractivity contribution in [1.82, 2.24) is 15.2 Å². The molecule has 1 aromatic carbocycles. The van der Waals surface area contributed by atoms with E-state index in [1.165, 1.54) is 0 Å². The summed E-state index contributed by atoms with van der Waals surface area (Å²) in [5, 5.41) is 16.2. The number of piperidine rings is 1. The van der Waals surface area contributed by atoms with E-state index in [-0.39, 0.29) is 23.5 Å². The molecule has 30 heavy (non-hydrogen) atoms. The van der Waals surface area contributed by atoms with Crippen LogP contribution >= 0.6 is 11.6 Å². The number of urea groups is 1. The second-order valence-corrected chi connectivity index (χ2v) is 8.26. The van der Waals surface area contributed by atoms with E-state index >= 15 is 0 Å². The fourth-order valence-corrected chi connectivity index (χ4v) is 4.16. The van der Waals surface area contributed by atoms with Gasteiger partial charge in [-0.2, -0.15) is 5.26 Å². The Morgan fingerprint density at radius 1 is 1.30 bits per heavy atom. The van der Waals surface area contributed by atoms with Gasteiger partial charge in [0.1, 0.15) is 11.3 Å². The molecule has 2 unspecified atom stereocenters. The molecule has 0 bridgehead atoms. The molecule has 2 fully saturated rings. The number of hydrogen-bond acceptors (Lipinski definition) is 5. The first-order valence-corrected chi connectivity index (χ1v) is 10.4. The van der Waals surface area contributed by atoms with Crippen LogP contribution in [0.2, 0.25) is 5.02 Å². The second-order valence-electron chi connectivity index (χ2n) is 7.82. The summed E-state index contributed by atoms with van der Waals surface area (Å²) < 4.78 is 5.22. The highest BCUT2D eigenvalue weighted by molar-refractivity contribution is 6.30. The minimum atomic E-state index is -0.346. The molecule has 1 aromatic heterocycles. The monoisotopic (exact) mass is 425 g/mol. The topological polar surface area (TPSA) is 90.3 Å². The van der Waals surface area contributed by atoms with Crippen molar-refractivity contribution >= 4 is 23.3 Å². The van der Waals surface area contributed by atoms with Gasteiger partial charge in [-0.05, 0) is 55.7 Å². The molecule has 0 spiro atoms. The molecule has 2 aromatic rings. The van der Waals surface area contributed by atoms with Crippen LogP contribution in [0.1, 0.15) is 30.9 Å². The highest BCUT2D eigenvalue weighted by Crippen LogP contribution is 2.44. The Labute approximate surface area is 181 Å². The number of hydrogen-bond donors (Lipinski definition) is 2. The number of pyridine rings is 1. The van der Waals surface area contributed by atoms with Gasteiger partial charge in [0.15, 0.2) is 0 Å². The van der Waals surface area contributed by atoms with Crippen LogP contribution in [0.5, 0.6) is 5.75 Å². The minimum Gasteiger partial charge on any atom is -0.495 e. The molecule has 2 atom stereocenters. The fraction of sp³-hybridized carbons (Fsp3) is 0.409. The SMILES string of the molecule is COc1ccc(C2CN(C3(C#N)CC3)CCC2NC(=O)Nc2ccc(Cl)cc2)nc1. The van der Waals surface area contributed by atoms with E-state index in [0.717, 1.165) is 31.5 Å². The van der Waals surface area contributed by atoms with Crippen LogP contribution in [0.15, 0.2) is 42.6 Å². The third-order valence-corrected chi connectivity index (χ3v) is 6.20. The Hall–Kier alpha value is -2.82. The van der Waals surface area contributed by atoms with Gasteiger partial charge in [0.05, 0.1) is 19.4 Å². The van der Waals surface area contributed by atoms with Gasteiger partial charge in [-0.3, -0.25) is 9.88 Å². The molecule has 2 aliphatic rings. The first-order valence-electron chi connectivity index (χ1n) is 10.0. The maximum atomic E-state index is 12.6. The number of nitrogens with zero attached hydrogens (tertiary/aromatic N) is 3. The summed E-state index contributed by atoms with van der Waals surface area (Å²) in [5.41, 5.74) is 1.21. The number of benzene rings is 1. The number of methoxy groups -OCH3 is 1. The quantitative estimate of drug-likeness (QED) is 0.760. The molecule has 2 N–H and O–H groups in total. The number of carbonyl (C=O) groups is 1. The summed E-state index contributed by atoms with van der Waals surface area (Å²) in [6.45, 7) is 1.45. The highest BCUT2D eigenvalue weighted by atomic mass is 35.5. The third kappa shape index (κ3) is 4.35. The Bertz CT molecular complexity index is 937. The lowest BCUT2D eigenvalue weighted by molar-refractivity contribution is 0.139. The summed E-state index contributed by atoms with van der Waals surface area (Å²) in [6, 6.07) is 12.9. The van der Waals surface area contributed by atoms with Crippen LogP contribution in [-0.2, 0) is 0 Å². The maximum Gasteiger partial charge on any atom is 0.319 e. The van der Waals surface area contributed by atoms with Crippen LogP contribution in [0.25, 0.3) is 0 Å². The molecule has 8 heteroatoms. The number of likely N-dealkylation sites (tertiary alicyclic amines) is 1. The van der Waals surface area contributed by atoms with Crippen molar-refractivity contribution in [3.8, 4) is 11.8 Å². The standard InChI is InChI=1S/C22H24ClN5O2/c1-30-17-6-7-19(25-12-17)18-13-28(22(14-24)9-10-22)11-8-20(18)27-21(29)26-16-4-2-15(23)3-5-16/h2-7,12,18,20H,8-11,13H2,1H3,(H2,26,27,29). The van der Waals surface area contributed by atoms with E-state index in [9.17, 15) is 10.1 Å². The molecule has 1 saturated carbocycles. The number of amides is 2. The average molecular weight is 426 g/mol. The summed E-state index contributed by atoms with van der Waals surface area (Å²) in [4.78, 5) is 19.4. The van der Waals surface area contributed by atoms with E-state index < -0.39 is 0 Å². The number of anilines is 1. The second kappa shape index (κ2) is 8.50. The van der Waals surface area contributed by atoms with Crippen molar-refractivity contribution in [1.29, 1.82) is 5.26 Å². The Morgan fingerprint density at radius 3 is 2.67 bits per heavy atom. The van der Waals surface area contributed by atoms with Crippen LogP contribution in [0.4, 0.5) is 10.5 Å². The molecule has 2 heterocycles. The lowest BCUT2D eigenvalue weighted by Gasteiger charge is -2.40. The van der Waals surface area contributed by atoms with E-state index in [1.54, 1.807) is 37.6 Å². The van der Waals surface area contributed by atoms with E-state index in [2.05, 4.69) is 26.6 Å². The third-order valence-electron chi connectivity index (χ3n) is 5.94. The number of nitriles is 1. The number of rotatable bonds is 5. The van der Waals surface area contributed by atoms with Gasteiger partial charge in [-0.1, -0.05) is 11.6 Å². The first kappa shape index (κ1) is 20.5. The smallest absolute Gasteiger partial charge is 0.319 e. The lowest BCUT2D eigenvalue weighted by Crippen LogP contribution is -2.53. The number of nitrogens with one attached hydrogen (secondary N) is 2. The van der Waals surface area contributed by atoms with Crippen molar-refractivity contribution in [3.05, 3.63) is 53.3 Å². The average Bonchev–Trinajstić information content (AvgIpc) is 3.57. The van der Waals surface area contributed by atoms with E-state index in [1.807, 2.05) is 12.1 Å². The molecular formula is C22H24ClN5O2. The van der Waals surface area contributed by atoms with Crippen LogP contribution in [0, 0.1) is 11.3 Å². The molecule has 1 aliphatic carbocycles. The van der Waals surface area contributed by atoms with Crippen molar-refractivity contribution in [2.24, 2.45) is 0 Å². The van der Waals surface area contributed by atoms with Gasteiger partial charge < -0.3 is 15.4 Å². The molecule has 0 radical (unpaired) electrons. The van der Waals surface area contributed by atoms with Gasteiger partial charge in [0.25, 0.3) is 0 Å². The number of halogens is 1. The van der Waals surface area contributed by atoms with Gasteiger partial charge in [0, 0.05) is 41.5 Å². The zero-order valence-electron chi connectivity index (χ0n) is 16.8. The normalized spacial score (nSPS) is 22.6. The lowest BCUT2D eigenvalue weighted by atomic mass is 9.87. The fourth-order valence-electron chi connectivity index (χ4n) is 4.03. The van der Waals surface area contributed by atoms with Gasteiger partial charge in [-0.15, -0.1) is 0 Å². The predicted octanol–water partition coefficient (Wildman–Crippen LogP) is 3.78. The zero-order valence-corrected chi connectivity index (χ0v) is 17.5. The van der Waals surface area contributed by atoms with Gasteiger partial charge in [0.2, 0.25) is 0 Å². The summed E-state index contributed by atoms with van der Waals surface area (Å²) in [5.74, 6) is 0.665. The first-order chi connectivity index (χ1) is 14.5. The van der Waals surface area contributed by atoms with Crippen molar-refractivity contribution < 1.29 is 9.53 Å². The molecule has 1 aliphatic heterocycles. The molecule has 1 saturated heterocycles. The molecular weight excluding hydrogens is 402 g/mol. The van der Waals surface area contributed by atoms with E-state index in [0.29, 0.717) is 23.0 Å². The number of aromatic nitrogens is 1. The zero-order chi connectivity index (χ0) is 21.1. The molecule has 156 valence electrons. The van der Waals surface area contributed by atoms with Crippen molar-refractivity contribution in [2.45, 2.75) is 36.8 Å². The highest BCUT2D eigenvalue weighted by Gasteiger charge is 2.51. The number of carbonyl (C=O) groups excluding carboxylic acids is 1. The molecule has 7 nitrogen and oxygen atoms in total. The van der Waals surface area contributed by atoms with Crippen molar-refractivity contribution in [3.63, 3.8) is 0 Å². The molecule has 4 rings (SSSR count). The summed E-state index contributed by atoms with van der Waals surface area (Å²) in [6.07, 6.45) is 4.25. The largest absolute Gasteiger partial charge is 0.495 e. The van der Waals surface area contributed by atoms with Crippen LogP contribution < -0.4 is 15.4 Å². The Balaban J connectivity index is 1.50. The van der Waals surface area contributed by atoms with Gasteiger partial charge >= 0.3 is 6.03 Å². The van der Waals surface area contributed by atoms with Crippen LogP contribution in [-0.4, -0.2) is 47.7 Å². The predicted molar refractivity (Wildman–Crippen MR) is 115 cm³/mol. The molecule has 2 amide bonds.